The minimum absolute atomic E-state index is 0.193. The van der Waals surface area contributed by atoms with Gasteiger partial charge in [0.2, 0.25) is 0 Å². The summed E-state index contributed by atoms with van der Waals surface area (Å²) in [6, 6.07) is 3.18. The molecule has 0 radical (unpaired) electrons. The van der Waals surface area contributed by atoms with Crippen LogP contribution in [0.15, 0.2) is 30.0 Å². The normalized spacial score (nSPS) is 19.0. The number of allylic oxidation sites excluding steroid dienone is 1. The van der Waals surface area contributed by atoms with E-state index in [1.165, 1.54) is 10.9 Å². The van der Waals surface area contributed by atoms with Crippen LogP contribution in [0.5, 0.6) is 0 Å². The molecule has 21 heavy (non-hydrogen) atoms. The van der Waals surface area contributed by atoms with E-state index in [4.69, 9.17) is 16.3 Å². The molecule has 1 heterocycles. The standard InChI is InChI=1S/C13H17ClN2O4S/c1-2-20-13(17)10-6-3-4-7-11(10)21(18,19)15-16-9-5-8-12(16)14/h5-6,8-9,11,15H,2-4,7H2,1H3. The predicted molar refractivity (Wildman–Crippen MR) is 80.1 cm³/mol. The summed E-state index contributed by atoms with van der Waals surface area (Å²) in [5, 5.41) is -0.681. The summed E-state index contributed by atoms with van der Waals surface area (Å²) in [4.78, 5) is 14.3. The van der Waals surface area contributed by atoms with E-state index in [-0.39, 0.29) is 17.3 Å². The maximum Gasteiger partial charge on any atom is 0.335 e. The Morgan fingerprint density at radius 3 is 2.95 bits per heavy atom. The second kappa shape index (κ2) is 6.53. The molecule has 1 atom stereocenters. The zero-order valence-corrected chi connectivity index (χ0v) is 13.2. The number of nitrogens with one attached hydrogen (secondary N) is 1. The van der Waals surface area contributed by atoms with E-state index in [9.17, 15) is 13.2 Å². The number of ether oxygens (including phenoxy) is 1. The van der Waals surface area contributed by atoms with Crippen molar-refractivity contribution in [2.24, 2.45) is 0 Å². The van der Waals surface area contributed by atoms with Gasteiger partial charge in [-0.2, -0.15) is 0 Å². The number of sulfonamides is 1. The minimum Gasteiger partial charge on any atom is -0.463 e. The fourth-order valence-electron chi connectivity index (χ4n) is 2.23. The first-order valence-electron chi connectivity index (χ1n) is 6.67. The molecule has 116 valence electrons. The highest BCUT2D eigenvalue weighted by molar-refractivity contribution is 7.93. The van der Waals surface area contributed by atoms with Crippen LogP contribution >= 0.6 is 11.6 Å². The quantitative estimate of drug-likeness (QED) is 0.837. The molecule has 1 aromatic rings. The van der Waals surface area contributed by atoms with Gasteiger partial charge in [-0.15, -0.1) is 0 Å². The molecule has 0 aromatic carbocycles. The first-order chi connectivity index (χ1) is 9.95. The van der Waals surface area contributed by atoms with Crippen LogP contribution in [-0.2, 0) is 19.6 Å². The molecule has 1 aliphatic rings. The van der Waals surface area contributed by atoms with Crippen LogP contribution < -0.4 is 4.83 Å². The van der Waals surface area contributed by atoms with E-state index >= 15 is 0 Å². The molecule has 0 aliphatic heterocycles. The van der Waals surface area contributed by atoms with Crippen molar-refractivity contribution < 1.29 is 17.9 Å². The first-order valence-corrected chi connectivity index (χ1v) is 8.60. The van der Waals surface area contributed by atoms with Gasteiger partial charge < -0.3 is 4.74 Å². The Kier molecular flexibility index (Phi) is 4.95. The Morgan fingerprint density at radius 1 is 1.57 bits per heavy atom. The largest absolute Gasteiger partial charge is 0.463 e. The summed E-state index contributed by atoms with van der Waals surface area (Å²) in [6.45, 7) is 1.89. The number of rotatable bonds is 5. The van der Waals surface area contributed by atoms with Crippen molar-refractivity contribution in [2.45, 2.75) is 31.4 Å². The lowest BCUT2D eigenvalue weighted by atomic mass is 9.99. The Bertz CT molecular complexity index is 651. The average Bonchev–Trinajstić information content (AvgIpc) is 2.84. The van der Waals surface area contributed by atoms with Crippen molar-refractivity contribution in [3.05, 3.63) is 35.1 Å². The zero-order chi connectivity index (χ0) is 15.5. The smallest absolute Gasteiger partial charge is 0.335 e. The van der Waals surface area contributed by atoms with Gasteiger partial charge in [-0.25, -0.2) is 22.7 Å². The summed E-state index contributed by atoms with van der Waals surface area (Å²) >= 11 is 5.86. The lowest BCUT2D eigenvalue weighted by Crippen LogP contribution is -2.37. The number of aromatic nitrogens is 1. The highest BCUT2D eigenvalue weighted by Gasteiger charge is 2.35. The maximum atomic E-state index is 12.5. The number of hydrogen-bond donors (Lipinski definition) is 1. The fourth-order valence-corrected chi connectivity index (χ4v) is 4.02. The van der Waals surface area contributed by atoms with E-state index in [1.807, 2.05) is 0 Å². The van der Waals surface area contributed by atoms with Gasteiger partial charge in [-0.05, 0) is 38.3 Å². The van der Waals surface area contributed by atoms with Crippen molar-refractivity contribution in [1.29, 1.82) is 0 Å². The third-order valence-corrected chi connectivity index (χ3v) is 5.19. The molecule has 0 saturated carbocycles. The van der Waals surface area contributed by atoms with Gasteiger partial charge in [0, 0.05) is 6.20 Å². The monoisotopic (exact) mass is 332 g/mol. The SMILES string of the molecule is CCOC(=O)C1=CCCCC1S(=O)(=O)Nn1cccc1Cl. The van der Waals surface area contributed by atoms with Crippen LogP contribution in [0, 0.1) is 0 Å². The topological polar surface area (TPSA) is 77.4 Å². The maximum absolute atomic E-state index is 12.5. The molecule has 0 bridgehead atoms. The summed E-state index contributed by atoms with van der Waals surface area (Å²) in [5.74, 6) is -0.578. The molecule has 0 amide bonds. The van der Waals surface area contributed by atoms with E-state index < -0.39 is 21.2 Å². The van der Waals surface area contributed by atoms with Crippen LogP contribution in [0.3, 0.4) is 0 Å². The van der Waals surface area contributed by atoms with E-state index in [1.54, 1.807) is 25.1 Å². The molecule has 1 aliphatic carbocycles. The van der Waals surface area contributed by atoms with Crippen molar-refractivity contribution in [2.75, 3.05) is 11.4 Å². The number of esters is 1. The number of hydrogen-bond acceptors (Lipinski definition) is 4. The molecule has 0 fully saturated rings. The highest BCUT2D eigenvalue weighted by Crippen LogP contribution is 2.26. The zero-order valence-electron chi connectivity index (χ0n) is 11.6. The Hall–Kier alpha value is -1.47. The third-order valence-electron chi connectivity index (χ3n) is 3.19. The van der Waals surface area contributed by atoms with Crippen LogP contribution in [0.25, 0.3) is 0 Å². The lowest BCUT2D eigenvalue weighted by Gasteiger charge is -2.24. The number of nitrogens with zero attached hydrogens (tertiary/aromatic N) is 1. The van der Waals surface area contributed by atoms with Gasteiger partial charge in [-0.3, -0.25) is 0 Å². The van der Waals surface area contributed by atoms with Crippen LogP contribution in [0.4, 0.5) is 0 Å². The third kappa shape index (κ3) is 3.59. The lowest BCUT2D eigenvalue weighted by molar-refractivity contribution is -0.138. The van der Waals surface area contributed by atoms with Crippen molar-refractivity contribution >= 4 is 27.6 Å². The molecular weight excluding hydrogens is 316 g/mol. The second-order valence-corrected chi connectivity index (χ2v) is 6.87. The van der Waals surface area contributed by atoms with Crippen molar-refractivity contribution in [3.63, 3.8) is 0 Å². The van der Waals surface area contributed by atoms with Gasteiger partial charge in [0.15, 0.2) is 0 Å². The van der Waals surface area contributed by atoms with Gasteiger partial charge in [0.1, 0.15) is 10.4 Å². The number of carbonyl (C=O) groups excluding carboxylic acids is 1. The summed E-state index contributed by atoms with van der Waals surface area (Å²) in [7, 11) is -3.78. The molecule has 0 saturated heterocycles. The fraction of sp³-hybridized carbons (Fsp3) is 0.462. The number of carbonyl (C=O) groups is 1. The number of halogens is 1. The minimum atomic E-state index is -3.78. The van der Waals surface area contributed by atoms with Gasteiger partial charge >= 0.3 is 5.97 Å². The molecule has 1 unspecified atom stereocenters. The Labute approximate surface area is 128 Å². The summed E-state index contributed by atoms with van der Waals surface area (Å²) < 4.78 is 31.1. The first kappa shape index (κ1) is 15.9. The van der Waals surface area contributed by atoms with E-state index in [2.05, 4.69) is 4.83 Å². The molecular formula is C13H17ClN2O4S. The Balaban J connectivity index is 2.25. The summed E-state index contributed by atoms with van der Waals surface area (Å²) in [5.41, 5.74) is 0.193. The van der Waals surface area contributed by atoms with E-state index in [0.29, 0.717) is 19.3 Å². The van der Waals surface area contributed by atoms with Crippen LogP contribution in [0.2, 0.25) is 5.15 Å². The van der Waals surface area contributed by atoms with Gasteiger partial charge in [-0.1, -0.05) is 17.7 Å². The average molecular weight is 333 g/mol. The summed E-state index contributed by atoms with van der Waals surface area (Å²) in [6.07, 6.45) is 4.89. The Morgan fingerprint density at radius 2 is 2.33 bits per heavy atom. The van der Waals surface area contributed by atoms with Crippen molar-refractivity contribution in [1.82, 2.24) is 4.68 Å². The molecule has 2 rings (SSSR count). The van der Waals surface area contributed by atoms with Gasteiger partial charge in [0.25, 0.3) is 10.0 Å². The highest BCUT2D eigenvalue weighted by atomic mass is 35.5. The van der Waals surface area contributed by atoms with Crippen LogP contribution in [-0.4, -0.2) is 30.9 Å². The van der Waals surface area contributed by atoms with E-state index in [0.717, 1.165) is 0 Å². The van der Waals surface area contributed by atoms with Crippen molar-refractivity contribution in [3.8, 4) is 0 Å². The second-order valence-electron chi connectivity index (χ2n) is 4.64. The molecule has 1 N–H and O–H groups in total. The molecule has 8 heteroatoms. The van der Waals surface area contributed by atoms with Gasteiger partial charge in [0.05, 0.1) is 12.2 Å². The predicted octanol–water partition coefficient (Wildman–Crippen LogP) is 2.06. The molecule has 0 spiro atoms. The van der Waals surface area contributed by atoms with Crippen LogP contribution in [0.1, 0.15) is 26.2 Å². The molecule has 6 nitrogen and oxygen atoms in total. The molecule has 1 aromatic heterocycles.